The van der Waals surface area contributed by atoms with E-state index in [-0.39, 0.29) is 61.2 Å². The van der Waals surface area contributed by atoms with E-state index < -0.39 is 47.6 Å². The second-order valence-corrected chi connectivity index (χ2v) is 14.7. The van der Waals surface area contributed by atoms with Crippen LogP contribution in [0.3, 0.4) is 0 Å². The number of nitrogens with zero attached hydrogens (tertiary/aromatic N) is 1. The first-order valence-corrected chi connectivity index (χ1v) is 17.9. The first kappa shape index (κ1) is 38.5. The second kappa shape index (κ2) is 17.0. The van der Waals surface area contributed by atoms with Gasteiger partial charge in [0.15, 0.2) is 5.78 Å². The van der Waals surface area contributed by atoms with E-state index >= 15 is 0 Å². The number of ether oxygens (including phenoxy) is 1. The average molecular weight is 683 g/mol. The number of unbranched alkanes of at least 4 members (excludes halogenated alkanes) is 1. The number of carbonyl (C=O) groups excluding carboxylic acids is 6. The third-order valence-corrected chi connectivity index (χ3v) is 11.3. The average Bonchev–Trinajstić information content (AvgIpc) is 3.53. The van der Waals surface area contributed by atoms with Crippen LogP contribution in [-0.4, -0.2) is 119 Å². The van der Waals surface area contributed by atoms with E-state index in [2.05, 4.69) is 26.6 Å². The molecule has 3 aliphatic rings. The van der Waals surface area contributed by atoms with E-state index in [9.17, 15) is 33.9 Å². The number of ketones is 1. The fraction of sp³-hybridized carbons (Fsp3) is 0.812. The molecule has 0 radical (unpaired) electrons. The van der Waals surface area contributed by atoms with E-state index in [1.807, 2.05) is 32.5 Å². The van der Waals surface area contributed by atoms with Crippen molar-refractivity contribution in [3.05, 3.63) is 0 Å². The molecule has 3 heterocycles. The fourth-order valence-corrected chi connectivity index (χ4v) is 7.50. The van der Waals surface area contributed by atoms with Gasteiger partial charge >= 0.3 is 6.03 Å². The summed E-state index contributed by atoms with van der Waals surface area (Å²) in [5.74, 6) is -2.03. The van der Waals surface area contributed by atoms with Crippen molar-refractivity contribution in [1.82, 2.24) is 31.5 Å². The minimum absolute atomic E-state index is 0.112. The number of aliphatic hydroxyl groups is 1. The summed E-state index contributed by atoms with van der Waals surface area (Å²) < 4.78 is 5.11. The fourth-order valence-electron chi connectivity index (χ4n) is 5.96. The van der Waals surface area contributed by atoms with Crippen molar-refractivity contribution in [2.24, 2.45) is 11.8 Å². The van der Waals surface area contributed by atoms with Crippen LogP contribution in [0.1, 0.15) is 80.1 Å². The Kier molecular flexibility index (Phi) is 13.9. The third-order valence-electron chi connectivity index (χ3n) is 9.78. The van der Waals surface area contributed by atoms with Gasteiger partial charge in [-0.1, -0.05) is 47.0 Å². The van der Waals surface area contributed by atoms with E-state index in [1.54, 1.807) is 20.9 Å². The van der Waals surface area contributed by atoms with Crippen molar-refractivity contribution in [2.45, 2.75) is 127 Å². The van der Waals surface area contributed by atoms with Crippen LogP contribution in [0.5, 0.6) is 0 Å². The molecule has 1 unspecified atom stereocenters. The highest BCUT2D eigenvalue weighted by atomic mass is 32.2. The molecule has 0 aromatic carbocycles. The molecule has 6 amide bonds. The molecule has 14 nitrogen and oxygen atoms in total. The van der Waals surface area contributed by atoms with Crippen molar-refractivity contribution in [3.8, 4) is 0 Å². The molecule has 3 aliphatic heterocycles. The summed E-state index contributed by atoms with van der Waals surface area (Å²) in [6.07, 6.45) is 2.46. The van der Waals surface area contributed by atoms with Gasteiger partial charge in [-0.15, -0.1) is 0 Å². The van der Waals surface area contributed by atoms with Gasteiger partial charge in [0.05, 0.1) is 31.3 Å². The molecule has 0 bridgehead atoms. The predicted octanol–water partition coefficient (Wildman–Crippen LogP) is 0.456. The first-order chi connectivity index (χ1) is 22.1. The molecule has 0 aromatic heterocycles. The number of nitrogens with one attached hydrogen (secondary N) is 5. The highest BCUT2D eigenvalue weighted by Gasteiger charge is 2.47. The molecule has 0 aromatic rings. The SMILES string of the molecule is CC[C@H](C)[C@H](NC(=O)[C@H]([C@@H](C)CC)N(C)C(=O)CCCC[C@@H]1SC[C@@H]2NC(=O)N[C@@H]21)C(=O)N[C@H](C(=O)NCC(=O)C1(C)CO1)[C@@H](C)O. The molecule has 3 saturated heterocycles. The van der Waals surface area contributed by atoms with Gasteiger partial charge in [0, 0.05) is 24.5 Å². The zero-order chi connectivity index (χ0) is 35.1. The molecular formula is C32H54N6O8S. The maximum Gasteiger partial charge on any atom is 0.315 e. The number of likely N-dealkylation sites (N-methyl/N-ethyl adjacent to an activating group) is 1. The van der Waals surface area contributed by atoms with Crippen LogP contribution in [0.4, 0.5) is 4.79 Å². The molecule has 0 saturated carbocycles. The Bertz CT molecular complexity index is 1170. The van der Waals surface area contributed by atoms with Gasteiger partial charge < -0.3 is 41.3 Å². The quantitative estimate of drug-likeness (QED) is 0.0637. The third kappa shape index (κ3) is 10.0. The number of aliphatic hydroxyl groups excluding tert-OH is 1. The van der Waals surface area contributed by atoms with Gasteiger partial charge in [0.2, 0.25) is 23.6 Å². The minimum atomic E-state index is -1.36. The van der Waals surface area contributed by atoms with Crippen LogP contribution in [0.25, 0.3) is 0 Å². The van der Waals surface area contributed by atoms with Crippen molar-refractivity contribution < 1.29 is 38.6 Å². The summed E-state index contributed by atoms with van der Waals surface area (Å²) in [6, 6.07) is -3.10. The molecule has 0 spiro atoms. The topological polar surface area (TPSA) is 199 Å². The Labute approximate surface area is 282 Å². The summed E-state index contributed by atoms with van der Waals surface area (Å²) in [6.45, 7) is 10.4. The number of thioether (sulfide) groups is 1. The van der Waals surface area contributed by atoms with E-state index in [4.69, 9.17) is 4.74 Å². The molecule has 6 N–H and O–H groups in total. The number of rotatable bonds is 19. The van der Waals surface area contributed by atoms with Crippen LogP contribution in [0.15, 0.2) is 0 Å². The van der Waals surface area contributed by atoms with Crippen LogP contribution >= 0.6 is 11.8 Å². The number of hydrogen-bond donors (Lipinski definition) is 6. The molecular weight excluding hydrogens is 628 g/mol. The lowest BCUT2D eigenvalue weighted by atomic mass is 9.93. The number of urea groups is 1. The van der Waals surface area contributed by atoms with Crippen LogP contribution in [-0.2, 0) is 28.7 Å². The predicted molar refractivity (Wildman–Crippen MR) is 177 cm³/mol. The maximum absolute atomic E-state index is 13.8. The van der Waals surface area contributed by atoms with Crippen molar-refractivity contribution in [2.75, 3.05) is 26.0 Å². The van der Waals surface area contributed by atoms with Crippen LogP contribution in [0.2, 0.25) is 0 Å². The lowest BCUT2D eigenvalue weighted by molar-refractivity contribution is -0.142. The number of amides is 6. The van der Waals surface area contributed by atoms with E-state index in [0.717, 1.165) is 18.6 Å². The van der Waals surface area contributed by atoms with Crippen molar-refractivity contribution in [3.63, 3.8) is 0 Å². The number of fused-ring (bicyclic) bond motifs is 1. The Morgan fingerprint density at radius 1 is 1.00 bits per heavy atom. The molecule has 266 valence electrons. The standard InChI is InChI=1S/C32H54N6O8S/c1-8-17(3)24(29(43)36-25(19(5)39)28(42)33-14-22(40)32(6)16-46-32)35-30(44)27(18(4)9-2)38(7)23(41)13-11-10-12-21-26-20(15-47-21)34-31(45)37-26/h17-21,24-27,39H,8-16H2,1-7H3,(H,33,42)(H,35,44)(H,36,43)(H2,34,37,45)/t17-,18-,19+,20-,21-,24-,25-,26-,27-,32?/m0/s1. The van der Waals surface area contributed by atoms with Gasteiger partial charge in [-0.2, -0.15) is 11.8 Å². The number of epoxide rings is 1. The van der Waals surface area contributed by atoms with E-state index in [1.165, 1.54) is 11.8 Å². The Hall–Kier alpha value is -2.91. The van der Waals surface area contributed by atoms with Crippen molar-refractivity contribution in [1.29, 1.82) is 0 Å². The summed E-state index contributed by atoms with van der Waals surface area (Å²) in [4.78, 5) is 78.8. The Morgan fingerprint density at radius 3 is 2.23 bits per heavy atom. The Morgan fingerprint density at radius 2 is 1.64 bits per heavy atom. The normalized spacial score (nSPS) is 26.7. The molecule has 47 heavy (non-hydrogen) atoms. The second-order valence-electron chi connectivity index (χ2n) is 13.5. The number of Topliss-reactive ketones (excluding diaryl/α,β-unsaturated/α-hetero) is 1. The molecule has 3 rings (SSSR count). The lowest BCUT2D eigenvalue weighted by Gasteiger charge is -2.34. The lowest BCUT2D eigenvalue weighted by Crippen LogP contribution is -2.61. The zero-order valence-electron chi connectivity index (χ0n) is 28.7. The van der Waals surface area contributed by atoms with Crippen molar-refractivity contribution >= 4 is 47.2 Å². The van der Waals surface area contributed by atoms with Gasteiger partial charge in [-0.3, -0.25) is 24.0 Å². The highest BCUT2D eigenvalue weighted by Crippen LogP contribution is 2.33. The monoisotopic (exact) mass is 682 g/mol. The minimum Gasteiger partial charge on any atom is -0.391 e. The maximum atomic E-state index is 13.8. The molecule has 0 aliphatic carbocycles. The summed E-state index contributed by atoms with van der Waals surface area (Å²) in [5.41, 5.74) is -0.921. The van der Waals surface area contributed by atoms with Gasteiger partial charge in [-0.25, -0.2) is 4.79 Å². The first-order valence-electron chi connectivity index (χ1n) is 16.8. The zero-order valence-corrected chi connectivity index (χ0v) is 29.5. The molecule has 10 atom stereocenters. The van der Waals surface area contributed by atoms with Crippen LogP contribution < -0.4 is 26.6 Å². The summed E-state index contributed by atoms with van der Waals surface area (Å²) in [7, 11) is 1.61. The summed E-state index contributed by atoms with van der Waals surface area (Å²) >= 11 is 1.83. The summed E-state index contributed by atoms with van der Waals surface area (Å²) in [5, 5.41) is 24.4. The Balaban J connectivity index is 1.59. The van der Waals surface area contributed by atoms with Gasteiger partial charge in [-0.05, 0) is 38.5 Å². The molecule has 15 heteroatoms. The highest BCUT2D eigenvalue weighted by molar-refractivity contribution is 8.00. The van der Waals surface area contributed by atoms with E-state index in [0.29, 0.717) is 24.5 Å². The van der Waals surface area contributed by atoms with Gasteiger partial charge in [0.1, 0.15) is 23.7 Å². The number of hydrogen-bond acceptors (Lipinski definition) is 9. The van der Waals surface area contributed by atoms with Crippen LogP contribution in [0, 0.1) is 11.8 Å². The van der Waals surface area contributed by atoms with Gasteiger partial charge in [0.25, 0.3) is 0 Å². The number of carbonyl (C=O) groups is 6. The molecule has 3 fully saturated rings. The smallest absolute Gasteiger partial charge is 0.315 e. The largest absolute Gasteiger partial charge is 0.391 e.